The first-order valence-electron chi connectivity index (χ1n) is 5.79. The van der Waals surface area contributed by atoms with E-state index in [0.717, 1.165) is 23.9 Å². The minimum absolute atomic E-state index is 0.342. The fraction of sp³-hybridized carbons (Fsp3) is 0.385. The second-order valence-corrected chi connectivity index (χ2v) is 4.00. The molecule has 0 N–H and O–H groups in total. The number of hydrogen-bond acceptors (Lipinski definition) is 4. The Kier molecular flexibility index (Phi) is 3.94. The van der Waals surface area contributed by atoms with Gasteiger partial charge < -0.3 is 9.47 Å². The van der Waals surface area contributed by atoms with E-state index >= 15 is 0 Å². The average molecular weight is 248 g/mol. The lowest BCUT2D eigenvalue weighted by molar-refractivity contribution is 0.0601. The number of methoxy groups -OCH3 is 2. The van der Waals surface area contributed by atoms with E-state index in [4.69, 9.17) is 4.74 Å². The Bertz CT molecular complexity index is 548. The number of fused-ring (bicyclic) bond motifs is 1. The van der Waals surface area contributed by atoms with Crippen molar-refractivity contribution in [2.45, 2.75) is 13.0 Å². The van der Waals surface area contributed by atoms with E-state index in [2.05, 4.69) is 9.84 Å². The molecule has 18 heavy (non-hydrogen) atoms. The van der Waals surface area contributed by atoms with Crippen molar-refractivity contribution in [2.75, 3.05) is 20.8 Å². The topological polar surface area (TPSA) is 53.4 Å². The highest BCUT2D eigenvalue weighted by atomic mass is 16.5. The molecular weight excluding hydrogens is 232 g/mol. The van der Waals surface area contributed by atoms with Crippen molar-refractivity contribution < 1.29 is 14.3 Å². The second kappa shape index (κ2) is 5.64. The largest absolute Gasteiger partial charge is 0.465 e. The first-order chi connectivity index (χ1) is 8.74. The molecule has 0 aliphatic heterocycles. The number of esters is 1. The van der Waals surface area contributed by atoms with Crippen LogP contribution in [0.5, 0.6) is 0 Å². The number of aromatic nitrogens is 2. The van der Waals surface area contributed by atoms with Crippen molar-refractivity contribution in [1.82, 2.24) is 9.78 Å². The first kappa shape index (κ1) is 12.6. The molecule has 2 aromatic rings. The van der Waals surface area contributed by atoms with Crippen LogP contribution in [-0.4, -0.2) is 36.6 Å². The van der Waals surface area contributed by atoms with Crippen molar-refractivity contribution in [3.05, 3.63) is 30.0 Å². The van der Waals surface area contributed by atoms with Gasteiger partial charge in [0, 0.05) is 31.8 Å². The maximum atomic E-state index is 11.4. The summed E-state index contributed by atoms with van der Waals surface area (Å²) in [4.78, 5) is 11.4. The van der Waals surface area contributed by atoms with E-state index in [0.29, 0.717) is 12.2 Å². The third-order valence-electron chi connectivity index (χ3n) is 2.71. The first-order valence-corrected chi connectivity index (χ1v) is 5.79. The SMILES string of the molecule is COCCCn1cc2ccc(C(=O)OC)cc2n1. The number of carbonyl (C=O) groups excluding carboxylic acids is 1. The van der Waals surface area contributed by atoms with E-state index in [1.165, 1.54) is 7.11 Å². The summed E-state index contributed by atoms with van der Waals surface area (Å²) in [7, 11) is 3.05. The molecule has 0 aliphatic rings. The van der Waals surface area contributed by atoms with E-state index in [-0.39, 0.29) is 5.97 Å². The quantitative estimate of drug-likeness (QED) is 0.598. The maximum absolute atomic E-state index is 11.4. The lowest BCUT2D eigenvalue weighted by Gasteiger charge is -1.99. The molecular formula is C13H16N2O3. The number of hydrogen-bond donors (Lipinski definition) is 0. The molecule has 0 atom stereocenters. The standard InChI is InChI=1S/C13H16N2O3/c1-17-7-3-6-15-9-11-5-4-10(13(16)18-2)8-12(11)14-15/h4-5,8-9H,3,6-7H2,1-2H3. The maximum Gasteiger partial charge on any atom is 0.337 e. The molecule has 1 aromatic carbocycles. The van der Waals surface area contributed by atoms with E-state index in [1.54, 1.807) is 19.2 Å². The smallest absolute Gasteiger partial charge is 0.337 e. The minimum atomic E-state index is -0.342. The van der Waals surface area contributed by atoms with E-state index < -0.39 is 0 Å². The molecule has 2 rings (SSSR count). The summed E-state index contributed by atoms with van der Waals surface area (Å²) in [6.45, 7) is 1.51. The molecule has 0 aliphatic carbocycles. The molecule has 0 unspecified atom stereocenters. The zero-order chi connectivity index (χ0) is 13.0. The van der Waals surface area contributed by atoms with Gasteiger partial charge in [-0.3, -0.25) is 4.68 Å². The predicted octanol–water partition coefficient (Wildman–Crippen LogP) is 1.86. The van der Waals surface area contributed by atoms with E-state index in [1.807, 2.05) is 16.9 Å². The van der Waals surface area contributed by atoms with Gasteiger partial charge in [-0.1, -0.05) is 6.07 Å². The Morgan fingerprint density at radius 1 is 1.39 bits per heavy atom. The van der Waals surface area contributed by atoms with Crippen molar-refractivity contribution in [2.24, 2.45) is 0 Å². The molecule has 0 amide bonds. The van der Waals surface area contributed by atoms with Gasteiger partial charge in [-0.05, 0) is 18.6 Å². The molecule has 1 aromatic heterocycles. The van der Waals surface area contributed by atoms with Gasteiger partial charge in [0.05, 0.1) is 18.2 Å². The monoisotopic (exact) mass is 248 g/mol. The summed E-state index contributed by atoms with van der Waals surface area (Å²) in [6, 6.07) is 5.37. The summed E-state index contributed by atoms with van der Waals surface area (Å²) in [5.74, 6) is -0.342. The van der Waals surface area contributed by atoms with Gasteiger partial charge in [0.2, 0.25) is 0 Å². The third-order valence-corrected chi connectivity index (χ3v) is 2.71. The van der Waals surface area contributed by atoms with Gasteiger partial charge in [-0.2, -0.15) is 5.10 Å². The number of carbonyl (C=O) groups is 1. The highest BCUT2D eigenvalue weighted by Gasteiger charge is 2.08. The number of aryl methyl sites for hydroxylation is 1. The van der Waals surface area contributed by atoms with Crippen LogP contribution in [0.1, 0.15) is 16.8 Å². The molecule has 0 saturated carbocycles. The van der Waals surface area contributed by atoms with Crippen LogP contribution in [0.4, 0.5) is 0 Å². The van der Waals surface area contributed by atoms with Crippen LogP contribution in [0.2, 0.25) is 0 Å². The highest BCUT2D eigenvalue weighted by molar-refractivity contribution is 5.94. The molecule has 5 nitrogen and oxygen atoms in total. The molecule has 0 fully saturated rings. The summed E-state index contributed by atoms with van der Waals surface area (Å²) in [5.41, 5.74) is 1.32. The fourth-order valence-corrected chi connectivity index (χ4v) is 1.80. The van der Waals surface area contributed by atoms with Gasteiger partial charge in [-0.15, -0.1) is 0 Å². The molecule has 1 heterocycles. The van der Waals surface area contributed by atoms with Gasteiger partial charge in [-0.25, -0.2) is 4.79 Å². The Morgan fingerprint density at radius 3 is 2.94 bits per heavy atom. The molecule has 0 spiro atoms. The average Bonchev–Trinajstić information content (AvgIpc) is 2.79. The van der Waals surface area contributed by atoms with Crippen molar-refractivity contribution >= 4 is 16.9 Å². The van der Waals surface area contributed by atoms with Crippen LogP contribution in [0.3, 0.4) is 0 Å². The molecule has 96 valence electrons. The summed E-state index contributed by atoms with van der Waals surface area (Å²) >= 11 is 0. The van der Waals surface area contributed by atoms with Crippen LogP contribution in [0.15, 0.2) is 24.4 Å². The van der Waals surface area contributed by atoms with E-state index in [9.17, 15) is 4.79 Å². The highest BCUT2D eigenvalue weighted by Crippen LogP contribution is 2.15. The molecule has 0 saturated heterocycles. The molecule has 0 bridgehead atoms. The van der Waals surface area contributed by atoms with Crippen LogP contribution in [0.25, 0.3) is 10.9 Å². The molecule has 0 radical (unpaired) electrons. The Balaban J connectivity index is 2.20. The van der Waals surface area contributed by atoms with Crippen LogP contribution < -0.4 is 0 Å². The Labute approximate surface area is 105 Å². The lowest BCUT2D eigenvalue weighted by Crippen LogP contribution is -2.02. The third kappa shape index (κ3) is 2.68. The van der Waals surface area contributed by atoms with Gasteiger partial charge in [0.25, 0.3) is 0 Å². The van der Waals surface area contributed by atoms with Crippen molar-refractivity contribution in [3.8, 4) is 0 Å². The second-order valence-electron chi connectivity index (χ2n) is 4.00. The number of rotatable bonds is 5. The summed E-state index contributed by atoms with van der Waals surface area (Å²) in [6.07, 6.45) is 2.88. The predicted molar refractivity (Wildman–Crippen MR) is 67.6 cm³/mol. The van der Waals surface area contributed by atoms with Crippen molar-refractivity contribution in [3.63, 3.8) is 0 Å². The van der Waals surface area contributed by atoms with Crippen LogP contribution >= 0.6 is 0 Å². The lowest BCUT2D eigenvalue weighted by atomic mass is 10.2. The van der Waals surface area contributed by atoms with Gasteiger partial charge >= 0.3 is 5.97 Å². The number of benzene rings is 1. The Hall–Kier alpha value is -1.88. The minimum Gasteiger partial charge on any atom is -0.465 e. The van der Waals surface area contributed by atoms with Crippen LogP contribution in [-0.2, 0) is 16.0 Å². The summed E-state index contributed by atoms with van der Waals surface area (Å²) in [5, 5.41) is 5.43. The molecule has 5 heteroatoms. The van der Waals surface area contributed by atoms with Crippen molar-refractivity contribution in [1.29, 1.82) is 0 Å². The van der Waals surface area contributed by atoms with Crippen LogP contribution in [0, 0.1) is 0 Å². The Morgan fingerprint density at radius 2 is 2.22 bits per heavy atom. The zero-order valence-electron chi connectivity index (χ0n) is 10.5. The normalized spacial score (nSPS) is 10.8. The fourth-order valence-electron chi connectivity index (χ4n) is 1.80. The van der Waals surface area contributed by atoms with Gasteiger partial charge in [0.15, 0.2) is 0 Å². The number of ether oxygens (including phenoxy) is 2. The van der Waals surface area contributed by atoms with Gasteiger partial charge in [0.1, 0.15) is 0 Å². The summed E-state index contributed by atoms with van der Waals surface area (Å²) < 4.78 is 11.5. The number of nitrogens with zero attached hydrogens (tertiary/aromatic N) is 2. The zero-order valence-corrected chi connectivity index (χ0v) is 10.5.